The van der Waals surface area contributed by atoms with Crippen molar-refractivity contribution in [2.45, 2.75) is 51.5 Å². The molecule has 1 aliphatic carbocycles. The SMILES string of the molecule is CC(C)c1cc(Br)cc2c1NC(C1CC1)CC2. The summed E-state index contributed by atoms with van der Waals surface area (Å²) in [7, 11) is 0. The normalized spacial score (nSPS) is 23.4. The fraction of sp³-hybridized carbons (Fsp3) is 0.600. The quantitative estimate of drug-likeness (QED) is 0.833. The van der Waals surface area contributed by atoms with Gasteiger partial charge in [-0.25, -0.2) is 0 Å². The predicted octanol–water partition coefficient (Wildman–Crippen LogP) is 4.71. The lowest BCUT2D eigenvalue weighted by Gasteiger charge is -2.30. The second kappa shape index (κ2) is 4.31. The molecular weight excluding hydrogens is 274 g/mol. The average Bonchev–Trinajstić information content (AvgIpc) is 3.11. The molecule has 1 aliphatic heterocycles. The van der Waals surface area contributed by atoms with Crippen molar-refractivity contribution in [3.8, 4) is 0 Å². The molecule has 2 aliphatic rings. The fourth-order valence-electron chi connectivity index (χ4n) is 2.94. The van der Waals surface area contributed by atoms with Gasteiger partial charge in [0.15, 0.2) is 0 Å². The van der Waals surface area contributed by atoms with Gasteiger partial charge in [-0.2, -0.15) is 0 Å². The summed E-state index contributed by atoms with van der Waals surface area (Å²) >= 11 is 3.64. The van der Waals surface area contributed by atoms with Crippen molar-refractivity contribution in [1.29, 1.82) is 0 Å². The maximum Gasteiger partial charge on any atom is 0.0410 e. The summed E-state index contributed by atoms with van der Waals surface area (Å²) in [5.74, 6) is 1.54. The Hall–Kier alpha value is -0.500. The second-order valence-corrected chi connectivity index (χ2v) is 6.73. The van der Waals surface area contributed by atoms with Crippen LogP contribution in [-0.4, -0.2) is 6.04 Å². The van der Waals surface area contributed by atoms with E-state index in [1.54, 1.807) is 0 Å². The molecule has 92 valence electrons. The van der Waals surface area contributed by atoms with E-state index in [-0.39, 0.29) is 0 Å². The Morgan fingerprint density at radius 1 is 1.24 bits per heavy atom. The highest BCUT2D eigenvalue weighted by molar-refractivity contribution is 9.10. The van der Waals surface area contributed by atoms with E-state index in [1.165, 1.54) is 47.0 Å². The van der Waals surface area contributed by atoms with E-state index >= 15 is 0 Å². The van der Waals surface area contributed by atoms with Crippen LogP contribution < -0.4 is 5.32 Å². The summed E-state index contributed by atoms with van der Waals surface area (Å²) in [6.07, 6.45) is 5.41. The molecule has 0 radical (unpaired) electrons. The lowest BCUT2D eigenvalue weighted by atomic mass is 9.90. The van der Waals surface area contributed by atoms with Gasteiger partial charge in [0.2, 0.25) is 0 Å². The summed E-state index contributed by atoms with van der Waals surface area (Å²) in [5, 5.41) is 3.82. The van der Waals surface area contributed by atoms with Gasteiger partial charge in [0.05, 0.1) is 0 Å². The first-order valence-electron chi connectivity index (χ1n) is 6.74. The first kappa shape index (κ1) is 11.6. The van der Waals surface area contributed by atoms with Gasteiger partial charge in [0, 0.05) is 16.2 Å². The third-order valence-corrected chi connectivity index (χ3v) is 4.54. The number of anilines is 1. The average molecular weight is 294 g/mol. The Morgan fingerprint density at radius 2 is 2.00 bits per heavy atom. The van der Waals surface area contributed by atoms with Crippen molar-refractivity contribution in [2.75, 3.05) is 5.32 Å². The highest BCUT2D eigenvalue weighted by atomic mass is 79.9. The smallest absolute Gasteiger partial charge is 0.0410 e. The third-order valence-electron chi connectivity index (χ3n) is 4.08. The minimum absolute atomic E-state index is 0.590. The van der Waals surface area contributed by atoms with E-state index in [1.807, 2.05) is 0 Å². The van der Waals surface area contributed by atoms with Gasteiger partial charge in [-0.1, -0.05) is 29.8 Å². The maximum atomic E-state index is 3.82. The molecule has 0 amide bonds. The summed E-state index contributed by atoms with van der Waals surface area (Å²) < 4.78 is 1.23. The van der Waals surface area contributed by atoms with Crippen LogP contribution in [0.2, 0.25) is 0 Å². The van der Waals surface area contributed by atoms with Crippen LogP contribution in [0, 0.1) is 5.92 Å². The molecule has 1 saturated carbocycles. The molecule has 1 unspecified atom stereocenters. The summed E-state index contributed by atoms with van der Waals surface area (Å²) in [4.78, 5) is 0. The van der Waals surface area contributed by atoms with Crippen LogP contribution in [0.5, 0.6) is 0 Å². The molecule has 17 heavy (non-hydrogen) atoms. The van der Waals surface area contributed by atoms with Crippen molar-refractivity contribution in [3.63, 3.8) is 0 Å². The van der Waals surface area contributed by atoms with Gasteiger partial charge < -0.3 is 5.32 Å². The summed E-state index contributed by atoms with van der Waals surface area (Å²) in [6.45, 7) is 4.56. The van der Waals surface area contributed by atoms with Crippen LogP contribution in [0.25, 0.3) is 0 Å². The molecule has 0 aromatic heterocycles. The van der Waals surface area contributed by atoms with Crippen LogP contribution in [0.4, 0.5) is 5.69 Å². The van der Waals surface area contributed by atoms with Crippen LogP contribution >= 0.6 is 15.9 Å². The molecule has 2 heteroatoms. The van der Waals surface area contributed by atoms with E-state index < -0.39 is 0 Å². The predicted molar refractivity (Wildman–Crippen MR) is 76.7 cm³/mol. The number of aryl methyl sites for hydroxylation is 1. The van der Waals surface area contributed by atoms with E-state index in [9.17, 15) is 0 Å². The number of hydrogen-bond donors (Lipinski definition) is 1. The van der Waals surface area contributed by atoms with Gasteiger partial charge in [0.1, 0.15) is 0 Å². The number of hydrogen-bond acceptors (Lipinski definition) is 1. The van der Waals surface area contributed by atoms with Crippen molar-refractivity contribution in [3.05, 3.63) is 27.7 Å². The number of nitrogens with one attached hydrogen (secondary N) is 1. The van der Waals surface area contributed by atoms with Crippen molar-refractivity contribution in [2.24, 2.45) is 5.92 Å². The van der Waals surface area contributed by atoms with Crippen molar-refractivity contribution < 1.29 is 0 Å². The van der Waals surface area contributed by atoms with Crippen molar-refractivity contribution in [1.82, 2.24) is 0 Å². The molecule has 1 heterocycles. The zero-order valence-electron chi connectivity index (χ0n) is 10.6. The van der Waals surface area contributed by atoms with Crippen molar-refractivity contribution >= 4 is 21.6 Å². The molecule has 1 N–H and O–H groups in total. The minimum Gasteiger partial charge on any atom is -0.382 e. The van der Waals surface area contributed by atoms with Crippen LogP contribution in [0.1, 0.15) is 50.2 Å². The molecule has 1 fully saturated rings. The van der Waals surface area contributed by atoms with Gasteiger partial charge in [-0.15, -0.1) is 0 Å². The number of fused-ring (bicyclic) bond motifs is 1. The van der Waals surface area contributed by atoms with Crippen LogP contribution in [0.3, 0.4) is 0 Å². The highest BCUT2D eigenvalue weighted by Crippen LogP contribution is 2.42. The van der Waals surface area contributed by atoms with Gasteiger partial charge in [0.25, 0.3) is 0 Å². The number of halogens is 1. The molecule has 1 aromatic rings. The fourth-order valence-corrected chi connectivity index (χ4v) is 3.46. The summed E-state index contributed by atoms with van der Waals surface area (Å²) in [6, 6.07) is 5.31. The largest absolute Gasteiger partial charge is 0.382 e. The Labute approximate surface area is 112 Å². The zero-order chi connectivity index (χ0) is 12.0. The van der Waals surface area contributed by atoms with Crippen LogP contribution in [-0.2, 0) is 6.42 Å². The van der Waals surface area contributed by atoms with Crippen LogP contribution in [0.15, 0.2) is 16.6 Å². The minimum atomic E-state index is 0.590. The monoisotopic (exact) mass is 293 g/mol. The lowest BCUT2D eigenvalue weighted by molar-refractivity contribution is 0.567. The van der Waals surface area contributed by atoms with E-state index in [0.29, 0.717) is 5.92 Å². The first-order valence-corrected chi connectivity index (χ1v) is 7.53. The first-order chi connectivity index (χ1) is 8.15. The molecule has 0 saturated heterocycles. The maximum absolute atomic E-state index is 3.82. The van der Waals surface area contributed by atoms with Gasteiger partial charge in [-0.05, 0) is 60.8 Å². The molecule has 1 nitrogen and oxygen atoms in total. The Kier molecular flexibility index (Phi) is 2.94. The molecular formula is C15H20BrN. The highest BCUT2D eigenvalue weighted by Gasteiger charge is 2.34. The lowest BCUT2D eigenvalue weighted by Crippen LogP contribution is -2.28. The van der Waals surface area contributed by atoms with E-state index in [2.05, 4.69) is 47.2 Å². The Balaban J connectivity index is 1.97. The molecule has 0 spiro atoms. The molecule has 0 bridgehead atoms. The Morgan fingerprint density at radius 3 is 2.65 bits per heavy atom. The second-order valence-electron chi connectivity index (χ2n) is 5.81. The number of benzene rings is 1. The Bertz CT molecular complexity index is 435. The van der Waals surface area contributed by atoms with E-state index in [4.69, 9.17) is 0 Å². The topological polar surface area (TPSA) is 12.0 Å². The summed E-state index contributed by atoms with van der Waals surface area (Å²) in [5.41, 5.74) is 4.41. The van der Waals surface area contributed by atoms with Gasteiger partial charge >= 0.3 is 0 Å². The number of rotatable bonds is 2. The molecule has 1 atom stereocenters. The standard InChI is InChI=1S/C15H20BrN/c1-9(2)13-8-12(16)7-11-5-6-14(10-3-4-10)17-15(11)13/h7-10,14,17H,3-6H2,1-2H3. The zero-order valence-corrected chi connectivity index (χ0v) is 12.2. The van der Waals surface area contributed by atoms with Gasteiger partial charge in [-0.3, -0.25) is 0 Å². The van der Waals surface area contributed by atoms with E-state index in [0.717, 1.165) is 12.0 Å². The molecule has 3 rings (SSSR count). The third kappa shape index (κ3) is 2.24. The molecule has 1 aromatic carbocycles.